The molecule has 1 aliphatic heterocycles. The first-order valence-corrected chi connectivity index (χ1v) is 8.02. The van der Waals surface area contributed by atoms with Gasteiger partial charge in [-0.25, -0.2) is 0 Å². The Morgan fingerprint density at radius 3 is 2.31 bits per heavy atom. The lowest BCUT2D eigenvalue weighted by atomic mass is 10.1. The van der Waals surface area contributed by atoms with Crippen molar-refractivity contribution < 1.29 is 28.9 Å². The molecule has 9 heteroatoms. The van der Waals surface area contributed by atoms with E-state index in [1.54, 1.807) is 24.1 Å². The van der Waals surface area contributed by atoms with E-state index in [2.05, 4.69) is 5.32 Å². The summed E-state index contributed by atoms with van der Waals surface area (Å²) in [7, 11) is 4.60. The molecule has 0 bridgehead atoms. The molecule has 8 nitrogen and oxygen atoms in total. The van der Waals surface area contributed by atoms with E-state index in [9.17, 15) is 14.7 Å². The second-order valence-corrected chi connectivity index (χ2v) is 5.75. The number of carbonyl (C=O) groups is 2. The second-order valence-electron chi connectivity index (χ2n) is 5.75. The molecule has 1 unspecified atom stereocenters. The fourth-order valence-electron chi connectivity index (χ4n) is 2.97. The van der Waals surface area contributed by atoms with Crippen LogP contribution in [0.15, 0.2) is 12.1 Å². The molecule has 2 rings (SSSR count). The third kappa shape index (κ3) is 5.15. The molecule has 0 spiro atoms. The van der Waals surface area contributed by atoms with Crippen LogP contribution >= 0.6 is 12.4 Å². The molecule has 2 N–H and O–H groups in total. The van der Waals surface area contributed by atoms with Crippen LogP contribution < -0.4 is 19.5 Å². The number of carbonyl (C=O) groups excluding carboxylic acids is 1. The van der Waals surface area contributed by atoms with Crippen molar-refractivity contribution in [3.05, 3.63) is 17.7 Å². The number of hydrogen-bond donors (Lipinski definition) is 2. The van der Waals surface area contributed by atoms with Crippen molar-refractivity contribution in [2.75, 3.05) is 34.4 Å². The topological polar surface area (TPSA) is 97.3 Å². The summed E-state index contributed by atoms with van der Waals surface area (Å²) >= 11 is 0. The van der Waals surface area contributed by atoms with Gasteiger partial charge in [0.05, 0.1) is 40.0 Å². The normalized spacial score (nSPS) is 16.5. The zero-order chi connectivity index (χ0) is 18.4. The first-order chi connectivity index (χ1) is 12.0. The van der Waals surface area contributed by atoms with Crippen LogP contribution in [-0.4, -0.2) is 62.3 Å². The van der Waals surface area contributed by atoms with Gasteiger partial charge in [-0.3, -0.25) is 14.5 Å². The maximum atomic E-state index is 12.2. The SMILES string of the molecule is COc1cc(OC)c(CNC(=O)CN2CCCC2C(=O)O)c(OC)c1.Cl. The van der Waals surface area contributed by atoms with E-state index in [1.165, 1.54) is 14.2 Å². The van der Waals surface area contributed by atoms with Crippen LogP contribution in [0.1, 0.15) is 18.4 Å². The minimum absolute atomic E-state index is 0. The summed E-state index contributed by atoms with van der Waals surface area (Å²) in [6, 6.07) is 2.84. The number of carboxylic acids is 1. The van der Waals surface area contributed by atoms with Crippen molar-refractivity contribution in [1.82, 2.24) is 10.2 Å². The maximum absolute atomic E-state index is 12.2. The van der Waals surface area contributed by atoms with Gasteiger partial charge in [-0.15, -0.1) is 12.4 Å². The molecule has 1 aromatic carbocycles. The van der Waals surface area contributed by atoms with Crippen molar-refractivity contribution >= 4 is 24.3 Å². The number of hydrogen-bond acceptors (Lipinski definition) is 6. The summed E-state index contributed by atoms with van der Waals surface area (Å²) < 4.78 is 15.9. The number of nitrogens with zero attached hydrogens (tertiary/aromatic N) is 1. The Balaban J connectivity index is 0.00000338. The summed E-state index contributed by atoms with van der Waals surface area (Å²) in [6.45, 7) is 0.873. The monoisotopic (exact) mass is 388 g/mol. The van der Waals surface area contributed by atoms with E-state index in [0.29, 0.717) is 35.8 Å². The number of rotatable bonds is 8. The molecule has 1 aliphatic rings. The van der Waals surface area contributed by atoms with Crippen LogP contribution in [0.25, 0.3) is 0 Å². The fourth-order valence-corrected chi connectivity index (χ4v) is 2.97. The van der Waals surface area contributed by atoms with Gasteiger partial charge in [0.1, 0.15) is 23.3 Å². The van der Waals surface area contributed by atoms with Gasteiger partial charge in [-0.1, -0.05) is 0 Å². The molecule has 1 heterocycles. The Hall–Kier alpha value is -2.19. The van der Waals surface area contributed by atoms with Crippen molar-refractivity contribution in [3.8, 4) is 17.2 Å². The van der Waals surface area contributed by atoms with Crippen LogP contribution in [0, 0.1) is 0 Å². The van der Waals surface area contributed by atoms with Gasteiger partial charge in [0.15, 0.2) is 0 Å². The first-order valence-electron chi connectivity index (χ1n) is 8.02. The second kappa shape index (κ2) is 10.1. The molecule has 1 fully saturated rings. The van der Waals surface area contributed by atoms with Gasteiger partial charge in [0.25, 0.3) is 0 Å². The standard InChI is InChI=1S/C17H24N2O6.ClH/c1-23-11-7-14(24-2)12(15(8-11)25-3)9-18-16(20)10-19-6-4-5-13(19)17(21)22;/h7-8,13H,4-6,9-10H2,1-3H3,(H,18,20)(H,21,22);1H. The molecular formula is C17H25ClN2O6. The molecule has 1 amide bonds. The highest BCUT2D eigenvalue weighted by molar-refractivity contribution is 5.85. The molecule has 0 aliphatic carbocycles. The van der Waals surface area contributed by atoms with Gasteiger partial charge in [-0.2, -0.15) is 0 Å². The Labute approximate surface area is 158 Å². The van der Waals surface area contributed by atoms with Crippen LogP contribution in [0.4, 0.5) is 0 Å². The van der Waals surface area contributed by atoms with Gasteiger partial charge < -0.3 is 24.6 Å². The van der Waals surface area contributed by atoms with Gasteiger partial charge >= 0.3 is 5.97 Å². The number of aliphatic carboxylic acids is 1. The number of halogens is 1. The Bertz CT molecular complexity index is 615. The van der Waals surface area contributed by atoms with Crippen LogP contribution in [0.3, 0.4) is 0 Å². The minimum Gasteiger partial charge on any atom is -0.496 e. The summed E-state index contributed by atoms with van der Waals surface area (Å²) in [6.07, 6.45) is 1.35. The first kappa shape index (κ1) is 21.9. The molecule has 1 atom stereocenters. The Kier molecular flexibility index (Phi) is 8.47. The average Bonchev–Trinajstić information content (AvgIpc) is 3.07. The third-order valence-corrected chi connectivity index (χ3v) is 4.27. The van der Waals surface area contributed by atoms with Crippen LogP contribution in [0.5, 0.6) is 17.2 Å². The molecular weight excluding hydrogens is 364 g/mol. The quantitative estimate of drug-likeness (QED) is 0.692. The van der Waals surface area contributed by atoms with E-state index in [0.717, 1.165) is 6.42 Å². The molecule has 1 aromatic rings. The van der Waals surface area contributed by atoms with Crippen molar-refractivity contribution in [2.45, 2.75) is 25.4 Å². The van der Waals surface area contributed by atoms with Crippen molar-refractivity contribution in [1.29, 1.82) is 0 Å². The molecule has 146 valence electrons. The van der Waals surface area contributed by atoms with Crippen molar-refractivity contribution in [2.24, 2.45) is 0 Å². The van der Waals surface area contributed by atoms with E-state index in [-0.39, 0.29) is 31.4 Å². The summed E-state index contributed by atoms with van der Waals surface area (Å²) in [5, 5.41) is 12.0. The number of benzene rings is 1. The van der Waals surface area contributed by atoms with E-state index in [1.807, 2.05) is 0 Å². The zero-order valence-electron chi connectivity index (χ0n) is 15.1. The molecule has 1 saturated heterocycles. The average molecular weight is 389 g/mol. The Morgan fingerprint density at radius 1 is 1.19 bits per heavy atom. The van der Waals surface area contributed by atoms with Crippen LogP contribution in [-0.2, 0) is 16.1 Å². The van der Waals surface area contributed by atoms with Crippen LogP contribution in [0.2, 0.25) is 0 Å². The van der Waals surface area contributed by atoms with Gasteiger partial charge in [0, 0.05) is 12.1 Å². The molecule has 26 heavy (non-hydrogen) atoms. The number of carboxylic acid groups (broad SMARTS) is 1. The molecule has 0 radical (unpaired) electrons. The predicted octanol–water partition coefficient (Wildman–Crippen LogP) is 1.30. The van der Waals surface area contributed by atoms with E-state index >= 15 is 0 Å². The minimum atomic E-state index is -0.885. The smallest absolute Gasteiger partial charge is 0.320 e. The lowest BCUT2D eigenvalue weighted by Gasteiger charge is -2.21. The fraction of sp³-hybridized carbons (Fsp3) is 0.529. The van der Waals surface area contributed by atoms with E-state index in [4.69, 9.17) is 14.2 Å². The predicted molar refractivity (Wildman–Crippen MR) is 97.4 cm³/mol. The summed E-state index contributed by atoms with van der Waals surface area (Å²) in [4.78, 5) is 25.1. The number of amides is 1. The van der Waals surface area contributed by atoms with Crippen molar-refractivity contribution in [3.63, 3.8) is 0 Å². The van der Waals surface area contributed by atoms with Gasteiger partial charge in [-0.05, 0) is 19.4 Å². The highest BCUT2D eigenvalue weighted by Crippen LogP contribution is 2.33. The summed E-state index contributed by atoms with van der Waals surface area (Å²) in [5.74, 6) is 0.546. The molecule has 0 aromatic heterocycles. The number of likely N-dealkylation sites (tertiary alicyclic amines) is 1. The summed E-state index contributed by atoms with van der Waals surface area (Å²) in [5.41, 5.74) is 0.690. The van der Waals surface area contributed by atoms with E-state index < -0.39 is 12.0 Å². The van der Waals surface area contributed by atoms with Gasteiger partial charge in [0.2, 0.25) is 5.91 Å². The largest absolute Gasteiger partial charge is 0.496 e. The lowest BCUT2D eigenvalue weighted by molar-refractivity contribution is -0.142. The number of methoxy groups -OCH3 is 3. The maximum Gasteiger partial charge on any atom is 0.320 e. The molecule has 0 saturated carbocycles. The highest BCUT2D eigenvalue weighted by atomic mass is 35.5. The number of ether oxygens (including phenoxy) is 3. The zero-order valence-corrected chi connectivity index (χ0v) is 15.9. The highest BCUT2D eigenvalue weighted by Gasteiger charge is 2.31. The number of nitrogens with one attached hydrogen (secondary N) is 1. The lowest BCUT2D eigenvalue weighted by Crippen LogP contribution is -2.42. The third-order valence-electron chi connectivity index (χ3n) is 4.27. The Morgan fingerprint density at radius 2 is 1.81 bits per heavy atom.